The molecule has 1 aliphatic carbocycles. The van der Waals surface area contributed by atoms with Gasteiger partial charge in [0.25, 0.3) is 0 Å². The second-order valence-electron chi connectivity index (χ2n) is 6.44. The van der Waals surface area contributed by atoms with Crippen LogP contribution >= 0.6 is 11.8 Å². The minimum Gasteiger partial charge on any atom is -0.311 e. The Kier molecular flexibility index (Phi) is 4.24. The first-order valence-electron chi connectivity index (χ1n) is 6.81. The molecule has 1 aromatic carbocycles. The number of nitrogens with one attached hydrogen (secondary N) is 1. The molecule has 0 atom stereocenters. The molecule has 0 amide bonds. The van der Waals surface area contributed by atoms with E-state index in [1.54, 1.807) is 5.19 Å². The fraction of sp³-hybridized carbons (Fsp3) is 0.600. The van der Waals surface area contributed by atoms with Crippen LogP contribution in [0.1, 0.15) is 18.4 Å². The average molecular weight is 280 g/mol. The van der Waals surface area contributed by atoms with Crippen molar-refractivity contribution in [1.82, 2.24) is 5.32 Å². The molecular formula is C15H25NSSi. The molecule has 1 saturated carbocycles. The highest BCUT2D eigenvalue weighted by Gasteiger charge is 2.41. The second kappa shape index (κ2) is 5.39. The van der Waals surface area contributed by atoms with Crippen LogP contribution in [0.25, 0.3) is 0 Å². The third kappa shape index (κ3) is 3.62. The van der Waals surface area contributed by atoms with Crippen LogP contribution in [0.15, 0.2) is 24.3 Å². The maximum Gasteiger partial charge on any atom is 0.0775 e. The van der Waals surface area contributed by atoms with Crippen molar-refractivity contribution < 1.29 is 0 Å². The Morgan fingerprint density at radius 1 is 1.17 bits per heavy atom. The van der Waals surface area contributed by atoms with Crippen molar-refractivity contribution >= 4 is 25.0 Å². The average Bonchev–Trinajstić information content (AvgIpc) is 3.09. The molecule has 100 valence electrons. The highest BCUT2D eigenvalue weighted by Crippen LogP contribution is 2.46. The van der Waals surface area contributed by atoms with E-state index in [1.807, 2.05) is 11.8 Å². The summed E-state index contributed by atoms with van der Waals surface area (Å²) in [7, 11) is -1.14. The molecule has 0 saturated heterocycles. The third-order valence-corrected chi connectivity index (χ3v) is 7.32. The zero-order valence-corrected chi connectivity index (χ0v) is 13.9. The van der Waals surface area contributed by atoms with Gasteiger partial charge < -0.3 is 5.32 Å². The van der Waals surface area contributed by atoms with Gasteiger partial charge in [0.1, 0.15) is 0 Å². The van der Waals surface area contributed by atoms with E-state index >= 15 is 0 Å². The summed E-state index contributed by atoms with van der Waals surface area (Å²) < 4.78 is 0.568. The van der Waals surface area contributed by atoms with E-state index in [1.165, 1.54) is 18.4 Å². The molecule has 0 aromatic heterocycles. The van der Waals surface area contributed by atoms with Crippen molar-refractivity contribution in [2.75, 3.05) is 12.8 Å². The van der Waals surface area contributed by atoms with E-state index < -0.39 is 8.07 Å². The third-order valence-electron chi connectivity index (χ3n) is 3.84. The Bertz CT molecular complexity index is 390. The Balaban J connectivity index is 1.83. The summed E-state index contributed by atoms with van der Waals surface area (Å²) in [5, 5.41) is 5.15. The molecule has 1 nitrogen and oxygen atoms in total. The van der Waals surface area contributed by atoms with Crippen LogP contribution in [-0.2, 0) is 6.54 Å². The highest BCUT2D eigenvalue weighted by molar-refractivity contribution is 8.00. The Labute approximate surface area is 117 Å². The van der Waals surface area contributed by atoms with Crippen molar-refractivity contribution in [1.29, 1.82) is 0 Å². The minimum atomic E-state index is -1.14. The van der Waals surface area contributed by atoms with Gasteiger partial charge in [0.05, 0.1) is 8.07 Å². The quantitative estimate of drug-likeness (QED) is 0.803. The topological polar surface area (TPSA) is 12.0 Å². The van der Waals surface area contributed by atoms with Gasteiger partial charge in [-0.1, -0.05) is 49.1 Å². The van der Waals surface area contributed by atoms with E-state index in [0.717, 1.165) is 13.1 Å². The van der Waals surface area contributed by atoms with Gasteiger partial charge in [-0.05, 0) is 24.7 Å². The van der Waals surface area contributed by atoms with Crippen LogP contribution in [0.5, 0.6) is 0 Å². The molecule has 1 N–H and O–H groups in total. The number of hydrogen-bond acceptors (Lipinski definition) is 2. The number of hydrogen-bond donors (Lipinski definition) is 1. The van der Waals surface area contributed by atoms with Gasteiger partial charge in [-0.3, -0.25) is 0 Å². The summed E-state index contributed by atoms with van der Waals surface area (Å²) in [6.45, 7) is 9.36. The maximum absolute atomic E-state index is 3.60. The van der Waals surface area contributed by atoms with E-state index in [2.05, 4.69) is 55.5 Å². The molecule has 2 rings (SSSR count). The number of thioether (sulfide) groups is 1. The lowest BCUT2D eigenvalue weighted by Gasteiger charge is -2.17. The first kappa shape index (κ1) is 14.2. The van der Waals surface area contributed by atoms with Crippen molar-refractivity contribution in [3.63, 3.8) is 0 Å². The van der Waals surface area contributed by atoms with Crippen molar-refractivity contribution in [3.05, 3.63) is 29.8 Å². The molecule has 18 heavy (non-hydrogen) atoms. The first-order valence-corrected chi connectivity index (χ1v) is 11.5. The molecule has 0 unspecified atom stereocenters. The Morgan fingerprint density at radius 3 is 2.22 bits per heavy atom. The van der Waals surface area contributed by atoms with E-state index in [-0.39, 0.29) is 0 Å². The lowest BCUT2D eigenvalue weighted by Crippen LogP contribution is -2.37. The molecule has 1 aliphatic rings. The van der Waals surface area contributed by atoms with Crippen LogP contribution in [0.4, 0.5) is 0 Å². The predicted octanol–water partition coefficient (Wildman–Crippen LogP) is 3.22. The largest absolute Gasteiger partial charge is 0.311 e. The van der Waals surface area contributed by atoms with Crippen molar-refractivity contribution in [2.45, 2.75) is 43.8 Å². The second-order valence-corrected chi connectivity index (χ2v) is 12.8. The molecule has 1 aromatic rings. The minimum absolute atomic E-state index is 0.568. The summed E-state index contributed by atoms with van der Waals surface area (Å²) in [4.78, 5) is 0. The summed E-state index contributed by atoms with van der Waals surface area (Å²) in [6.07, 6.45) is 5.00. The molecule has 0 aliphatic heterocycles. The van der Waals surface area contributed by atoms with Gasteiger partial charge in [0.15, 0.2) is 0 Å². The molecule has 3 heteroatoms. The van der Waals surface area contributed by atoms with Gasteiger partial charge >= 0.3 is 0 Å². The maximum atomic E-state index is 3.60. The van der Waals surface area contributed by atoms with Gasteiger partial charge in [-0.15, -0.1) is 0 Å². The highest BCUT2D eigenvalue weighted by atomic mass is 32.2. The standard InChI is InChI=1S/C15H25NSSi/c1-17-15(9-10-15)12-16-11-13-5-7-14(8-6-13)18(2,3)4/h5-8,16H,9-12H2,1-4H3. The fourth-order valence-electron chi connectivity index (χ4n) is 2.15. The Hall–Kier alpha value is -0.253. The van der Waals surface area contributed by atoms with Crippen LogP contribution < -0.4 is 10.5 Å². The predicted molar refractivity (Wildman–Crippen MR) is 86.6 cm³/mol. The number of benzene rings is 1. The molecule has 1 fully saturated rings. The van der Waals surface area contributed by atoms with Gasteiger partial charge in [-0.2, -0.15) is 11.8 Å². The van der Waals surface area contributed by atoms with Gasteiger partial charge in [0, 0.05) is 17.8 Å². The van der Waals surface area contributed by atoms with Crippen LogP contribution in [-0.4, -0.2) is 25.6 Å². The lowest BCUT2D eigenvalue weighted by molar-refractivity contribution is 0.663. The summed E-state index contributed by atoms with van der Waals surface area (Å²) in [5.41, 5.74) is 1.41. The summed E-state index contributed by atoms with van der Waals surface area (Å²) in [6, 6.07) is 9.23. The molecule has 0 bridgehead atoms. The molecule has 0 heterocycles. The van der Waals surface area contributed by atoms with Crippen LogP contribution in [0.2, 0.25) is 19.6 Å². The summed E-state index contributed by atoms with van der Waals surface area (Å²) in [5.74, 6) is 0. The SMILES string of the molecule is CSC1(CNCc2ccc([Si](C)(C)C)cc2)CC1. The van der Waals surface area contributed by atoms with Gasteiger partial charge in [0.2, 0.25) is 0 Å². The Morgan fingerprint density at radius 2 is 1.78 bits per heavy atom. The summed E-state index contributed by atoms with van der Waals surface area (Å²) >= 11 is 2.02. The fourth-order valence-corrected chi connectivity index (χ4v) is 4.07. The first-order chi connectivity index (χ1) is 8.45. The monoisotopic (exact) mass is 279 g/mol. The zero-order chi connectivity index (χ0) is 13.2. The van der Waals surface area contributed by atoms with Gasteiger partial charge in [-0.25, -0.2) is 0 Å². The molecule has 0 spiro atoms. The molecular weight excluding hydrogens is 254 g/mol. The normalized spacial score (nSPS) is 17.8. The molecule has 0 radical (unpaired) electrons. The smallest absolute Gasteiger partial charge is 0.0775 e. The van der Waals surface area contributed by atoms with E-state index in [0.29, 0.717) is 4.75 Å². The van der Waals surface area contributed by atoms with Crippen LogP contribution in [0, 0.1) is 0 Å². The van der Waals surface area contributed by atoms with Crippen LogP contribution in [0.3, 0.4) is 0 Å². The lowest BCUT2D eigenvalue weighted by atomic mass is 10.2. The van der Waals surface area contributed by atoms with Crippen molar-refractivity contribution in [3.8, 4) is 0 Å². The van der Waals surface area contributed by atoms with E-state index in [9.17, 15) is 0 Å². The van der Waals surface area contributed by atoms with Crippen molar-refractivity contribution in [2.24, 2.45) is 0 Å². The van der Waals surface area contributed by atoms with E-state index in [4.69, 9.17) is 0 Å². The number of rotatable bonds is 6. The zero-order valence-electron chi connectivity index (χ0n) is 12.0.